The summed E-state index contributed by atoms with van der Waals surface area (Å²) in [6, 6.07) is 8.05. The van der Waals surface area contributed by atoms with Gasteiger partial charge in [0.15, 0.2) is 0 Å². The van der Waals surface area contributed by atoms with Crippen LogP contribution in [0.5, 0.6) is 0 Å². The van der Waals surface area contributed by atoms with Crippen molar-refractivity contribution in [3.8, 4) is 0 Å². The van der Waals surface area contributed by atoms with Gasteiger partial charge in [-0.15, -0.1) is 0 Å². The van der Waals surface area contributed by atoms with Crippen molar-refractivity contribution in [3.63, 3.8) is 0 Å². The van der Waals surface area contributed by atoms with Crippen LogP contribution in [0, 0.1) is 6.92 Å². The summed E-state index contributed by atoms with van der Waals surface area (Å²) in [7, 11) is 0. The van der Waals surface area contributed by atoms with Gasteiger partial charge in [-0.05, 0) is 68.6 Å². The number of hydrogen-bond donors (Lipinski definition) is 1. The predicted molar refractivity (Wildman–Crippen MR) is 81.8 cm³/mol. The van der Waals surface area contributed by atoms with Crippen LogP contribution in [0.1, 0.15) is 5.56 Å². The lowest BCUT2D eigenvalue weighted by atomic mass is 10.2. The van der Waals surface area contributed by atoms with E-state index in [1.807, 2.05) is 18.2 Å². The Balaban J connectivity index is 2.31. The Kier molecular flexibility index (Phi) is 4.22. The Hall–Kier alpha value is -0.390. The van der Waals surface area contributed by atoms with Crippen molar-refractivity contribution in [2.75, 3.05) is 5.32 Å². The number of aryl methyl sites for hydroxylation is 1. The first kappa shape index (κ1) is 13.1. The minimum atomic E-state index is 0.804. The molecule has 0 bridgehead atoms. The van der Waals surface area contributed by atoms with Crippen LogP contribution < -0.4 is 5.32 Å². The van der Waals surface area contributed by atoms with E-state index in [0.29, 0.717) is 0 Å². The average molecular weight is 421 g/mol. The van der Waals surface area contributed by atoms with Crippen LogP contribution in [0.15, 0.2) is 43.9 Å². The Morgan fingerprint density at radius 2 is 1.82 bits per heavy atom. The lowest BCUT2D eigenvalue weighted by Gasteiger charge is -2.10. The first-order chi connectivity index (χ1) is 8.06. The van der Waals surface area contributed by atoms with E-state index in [2.05, 4.69) is 71.1 Å². The molecule has 1 aromatic heterocycles. The van der Waals surface area contributed by atoms with E-state index in [9.17, 15) is 0 Å². The van der Waals surface area contributed by atoms with Crippen LogP contribution in [0.25, 0.3) is 0 Å². The molecule has 0 fully saturated rings. The SMILES string of the molecule is Cc1cc(Br)ccc1Nc1ncc(Br)cc1Br. The molecule has 0 saturated heterocycles. The molecule has 0 saturated carbocycles. The van der Waals surface area contributed by atoms with Gasteiger partial charge in [-0.1, -0.05) is 15.9 Å². The number of benzene rings is 1. The molecule has 0 aliphatic rings. The summed E-state index contributed by atoms with van der Waals surface area (Å²) < 4.78 is 2.94. The van der Waals surface area contributed by atoms with Crippen LogP contribution in [0.3, 0.4) is 0 Å². The Bertz CT molecular complexity index is 506. The van der Waals surface area contributed by atoms with Gasteiger partial charge in [-0.25, -0.2) is 4.98 Å². The van der Waals surface area contributed by atoms with Crippen molar-refractivity contribution < 1.29 is 0 Å². The highest BCUT2D eigenvalue weighted by atomic mass is 79.9. The third-order valence-electron chi connectivity index (χ3n) is 2.25. The van der Waals surface area contributed by atoms with E-state index in [-0.39, 0.29) is 0 Å². The lowest BCUT2D eigenvalue weighted by molar-refractivity contribution is 1.26. The van der Waals surface area contributed by atoms with E-state index >= 15 is 0 Å². The molecule has 2 aromatic rings. The molecule has 0 amide bonds. The third kappa shape index (κ3) is 3.30. The van der Waals surface area contributed by atoms with Crippen molar-refractivity contribution in [1.29, 1.82) is 0 Å². The molecule has 2 rings (SSSR count). The largest absolute Gasteiger partial charge is 0.339 e. The number of halogens is 3. The minimum Gasteiger partial charge on any atom is -0.339 e. The van der Waals surface area contributed by atoms with E-state index in [4.69, 9.17) is 0 Å². The van der Waals surface area contributed by atoms with Crippen LogP contribution in [0.4, 0.5) is 11.5 Å². The quantitative estimate of drug-likeness (QED) is 0.701. The number of anilines is 2. The van der Waals surface area contributed by atoms with Crippen molar-refractivity contribution in [1.82, 2.24) is 4.98 Å². The zero-order chi connectivity index (χ0) is 12.4. The van der Waals surface area contributed by atoms with Crippen molar-refractivity contribution in [3.05, 3.63) is 49.4 Å². The minimum absolute atomic E-state index is 0.804. The van der Waals surface area contributed by atoms with Crippen molar-refractivity contribution >= 4 is 59.3 Å². The molecule has 1 aromatic carbocycles. The van der Waals surface area contributed by atoms with Gasteiger partial charge in [-0.2, -0.15) is 0 Å². The molecule has 0 radical (unpaired) electrons. The molecule has 0 atom stereocenters. The van der Waals surface area contributed by atoms with E-state index < -0.39 is 0 Å². The van der Waals surface area contributed by atoms with Gasteiger partial charge < -0.3 is 5.32 Å². The number of nitrogens with one attached hydrogen (secondary N) is 1. The molecular formula is C12H9Br3N2. The van der Waals surface area contributed by atoms with Gasteiger partial charge in [0.25, 0.3) is 0 Å². The van der Waals surface area contributed by atoms with Crippen molar-refractivity contribution in [2.24, 2.45) is 0 Å². The molecule has 2 nitrogen and oxygen atoms in total. The first-order valence-electron chi connectivity index (χ1n) is 4.90. The van der Waals surface area contributed by atoms with E-state index in [1.165, 1.54) is 0 Å². The fourth-order valence-corrected chi connectivity index (χ4v) is 2.96. The fourth-order valence-electron chi connectivity index (χ4n) is 1.40. The molecule has 0 spiro atoms. The van der Waals surface area contributed by atoms with Gasteiger partial charge in [0, 0.05) is 20.8 Å². The maximum absolute atomic E-state index is 4.32. The standard InChI is InChI=1S/C12H9Br3N2/c1-7-4-8(13)2-3-11(7)17-12-10(15)5-9(14)6-16-12/h2-6H,1H3,(H,16,17). The van der Waals surface area contributed by atoms with Gasteiger partial charge >= 0.3 is 0 Å². The summed E-state index contributed by atoms with van der Waals surface area (Å²) >= 11 is 10.3. The summed E-state index contributed by atoms with van der Waals surface area (Å²) in [5, 5.41) is 3.30. The van der Waals surface area contributed by atoms with Gasteiger partial charge in [0.2, 0.25) is 0 Å². The maximum Gasteiger partial charge on any atom is 0.144 e. The third-order valence-corrected chi connectivity index (χ3v) is 3.78. The zero-order valence-electron chi connectivity index (χ0n) is 8.97. The summed E-state index contributed by atoms with van der Waals surface area (Å²) in [6.07, 6.45) is 1.77. The van der Waals surface area contributed by atoms with Crippen molar-refractivity contribution in [2.45, 2.75) is 6.92 Å². The Labute approximate surface area is 125 Å². The average Bonchev–Trinajstić information content (AvgIpc) is 2.25. The molecular weight excluding hydrogens is 412 g/mol. The summed E-state index contributed by atoms with van der Waals surface area (Å²) in [5.41, 5.74) is 2.21. The monoisotopic (exact) mass is 418 g/mol. The fraction of sp³-hybridized carbons (Fsp3) is 0.0833. The van der Waals surface area contributed by atoms with Crippen LogP contribution in [-0.2, 0) is 0 Å². The number of nitrogens with zero attached hydrogens (tertiary/aromatic N) is 1. The molecule has 0 aliphatic heterocycles. The molecule has 1 heterocycles. The number of aromatic nitrogens is 1. The van der Waals surface area contributed by atoms with Crippen LogP contribution in [-0.4, -0.2) is 4.98 Å². The van der Waals surface area contributed by atoms with Crippen LogP contribution in [0.2, 0.25) is 0 Å². The maximum atomic E-state index is 4.32. The summed E-state index contributed by atoms with van der Waals surface area (Å²) in [5.74, 6) is 0.804. The molecule has 0 unspecified atom stereocenters. The number of pyridine rings is 1. The highest BCUT2D eigenvalue weighted by Gasteiger charge is 2.05. The molecule has 1 N–H and O–H groups in total. The lowest BCUT2D eigenvalue weighted by Crippen LogP contribution is -1.96. The van der Waals surface area contributed by atoms with E-state index in [1.54, 1.807) is 6.20 Å². The molecule has 0 aliphatic carbocycles. The highest BCUT2D eigenvalue weighted by Crippen LogP contribution is 2.28. The molecule has 5 heteroatoms. The second-order valence-electron chi connectivity index (χ2n) is 3.57. The van der Waals surface area contributed by atoms with E-state index in [0.717, 1.165) is 30.5 Å². The normalized spacial score (nSPS) is 10.4. The summed E-state index contributed by atoms with van der Waals surface area (Å²) in [6.45, 7) is 2.06. The van der Waals surface area contributed by atoms with Gasteiger partial charge in [-0.3, -0.25) is 0 Å². The first-order valence-corrected chi connectivity index (χ1v) is 7.28. The molecule has 88 valence electrons. The number of rotatable bonds is 2. The zero-order valence-corrected chi connectivity index (χ0v) is 13.7. The predicted octanol–water partition coefficient (Wildman–Crippen LogP) is 5.42. The van der Waals surface area contributed by atoms with Gasteiger partial charge in [0.05, 0.1) is 4.47 Å². The Morgan fingerprint density at radius 3 is 2.47 bits per heavy atom. The Morgan fingerprint density at radius 1 is 1.06 bits per heavy atom. The second-order valence-corrected chi connectivity index (χ2v) is 6.25. The smallest absolute Gasteiger partial charge is 0.144 e. The summed E-state index contributed by atoms with van der Waals surface area (Å²) in [4.78, 5) is 4.32. The number of hydrogen-bond acceptors (Lipinski definition) is 2. The van der Waals surface area contributed by atoms with Crippen LogP contribution >= 0.6 is 47.8 Å². The van der Waals surface area contributed by atoms with Gasteiger partial charge in [0.1, 0.15) is 5.82 Å². The second kappa shape index (κ2) is 5.50. The molecule has 17 heavy (non-hydrogen) atoms. The topological polar surface area (TPSA) is 24.9 Å². The highest BCUT2D eigenvalue weighted by molar-refractivity contribution is 9.11.